The summed E-state index contributed by atoms with van der Waals surface area (Å²) in [6.45, 7) is 1.40. The van der Waals surface area contributed by atoms with Crippen LogP contribution in [0, 0.1) is 0 Å². The van der Waals surface area contributed by atoms with E-state index in [0.717, 1.165) is 24.5 Å². The van der Waals surface area contributed by atoms with Crippen LogP contribution in [0.1, 0.15) is 6.42 Å². The standard InChI is InChI=1S/C13H16N2O2/c1-16-10-3-11-17-13-6-4-12(5-7-13)15-9-2-8-14-15/h2,4-9H,3,10-11H2,1H3. The van der Waals surface area contributed by atoms with Gasteiger partial charge in [-0.1, -0.05) is 0 Å². The summed E-state index contributed by atoms with van der Waals surface area (Å²) in [5.74, 6) is 0.872. The molecular formula is C13H16N2O2. The first kappa shape index (κ1) is 11.7. The number of benzene rings is 1. The van der Waals surface area contributed by atoms with Crippen molar-refractivity contribution in [1.29, 1.82) is 0 Å². The zero-order valence-electron chi connectivity index (χ0n) is 9.87. The molecule has 0 amide bonds. The molecular weight excluding hydrogens is 216 g/mol. The molecule has 0 spiro atoms. The fraction of sp³-hybridized carbons (Fsp3) is 0.308. The molecule has 0 bridgehead atoms. The fourth-order valence-corrected chi connectivity index (χ4v) is 1.51. The second-order valence-electron chi connectivity index (χ2n) is 3.64. The van der Waals surface area contributed by atoms with Gasteiger partial charge in [0.2, 0.25) is 0 Å². The third-order valence-corrected chi connectivity index (χ3v) is 2.37. The van der Waals surface area contributed by atoms with E-state index < -0.39 is 0 Å². The topological polar surface area (TPSA) is 36.3 Å². The van der Waals surface area contributed by atoms with Crippen LogP contribution in [0.3, 0.4) is 0 Å². The molecule has 17 heavy (non-hydrogen) atoms. The number of rotatable bonds is 6. The molecule has 0 unspecified atom stereocenters. The normalized spacial score (nSPS) is 10.4. The van der Waals surface area contributed by atoms with Gasteiger partial charge < -0.3 is 9.47 Å². The largest absolute Gasteiger partial charge is 0.494 e. The van der Waals surface area contributed by atoms with Gasteiger partial charge >= 0.3 is 0 Å². The number of aromatic nitrogens is 2. The Morgan fingerprint density at radius 3 is 2.65 bits per heavy atom. The lowest BCUT2D eigenvalue weighted by atomic mass is 10.3. The van der Waals surface area contributed by atoms with E-state index in [1.54, 1.807) is 13.3 Å². The smallest absolute Gasteiger partial charge is 0.119 e. The van der Waals surface area contributed by atoms with Gasteiger partial charge in [0, 0.05) is 32.5 Å². The Hall–Kier alpha value is -1.81. The summed E-state index contributed by atoms with van der Waals surface area (Å²) in [5.41, 5.74) is 1.03. The minimum absolute atomic E-state index is 0.676. The van der Waals surface area contributed by atoms with Gasteiger partial charge in [0.05, 0.1) is 12.3 Å². The molecule has 90 valence electrons. The molecule has 1 heterocycles. The second kappa shape index (κ2) is 6.06. The maximum atomic E-state index is 5.57. The molecule has 0 radical (unpaired) electrons. The van der Waals surface area contributed by atoms with Crippen molar-refractivity contribution in [3.63, 3.8) is 0 Å². The summed E-state index contributed by atoms with van der Waals surface area (Å²) in [4.78, 5) is 0. The molecule has 0 aliphatic carbocycles. The summed E-state index contributed by atoms with van der Waals surface area (Å²) in [6, 6.07) is 9.76. The summed E-state index contributed by atoms with van der Waals surface area (Å²) in [7, 11) is 1.69. The average molecular weight is 232 g/mol. The van der Waals surface area contributed by atoms with Gasteiger partial charge in [-0.2, -0.15) is 5.10 Å². The highest BCUT2D eigenvalue weighted by molar-refractivity contribution is 5.36. The molecule has 4 heteroatoms. The van der Waals surface area contributed by atoms with Crippen LogP contribution in [0.25, 0.3) is 5.69 Å². The first-order valence-electron chi connectivity index (χ1n) is 5.62. The Morgan fingerprint density at radius 1 is 1.18 bits per heavy atom. The van der Waals surface area contributed by atoms with Crippen molar-refractivity contribution in [2.75, 3.05) is 20.3 Å². The summed E-state index contributed by atoms with van der Waals surface area (Å²) in [6.07, 6.45) is 4.57. The highest BCUT2D eigenvalue weighted by atomic mass is 16.5. The predicted octanol–water partition coefficient (Wildman–Crippen LogP) is 2.29. The lowest BCUT2D eigenvalue weighted by Crippen LogP contribution is -2.01. The SMILES string of the molecule is COCCCOc1ccc(-n2cccn2)cc1. The Kier molecular flexibility index (Phi) is 4.16. The Labute approximate surface area is 101 Å². The predicted molar refractivity (Wildman–Crippen MR) is 65.6 cm³/mol. The van der Waals surface area contributed by atoms with Gasteiger partial charge in [0.25, 0.3) is 0 Å². The lowest BCUT2D eigenvalue weighted by Gasteiger charge is -2.07. The van der Waals surface area contributed by atoms with Crippen LogP contribution in [0.4, 0.5) is 0 Å². The van der Waals surface area contributed by atoms with Crippen molar-refractivity contribution in [3.05, 3.63) is 42.7 Å². The van der Waals surface area contributed by atoms with Crippen molar-refractivity contribution >= 4 is 0 Å². The molecule has 2 rings (SSSR count). The monoisotopic (exact) mass is 232 g/mol. The van der Waals surface area contributed by atoms with Crippen LogP contribution in [0.15, 0.2) is 42.7 Å². The van der Waals surface area contributed by atoms with E-state index in [0.29, 0.717) is 6.61 Å². The molecule has 4 nitrogen and oxygen atoms in total. The van der Waals surface area contributed by atoms with Crippen molar-refractivity contribution < 1.29 is 9.47 Å². The van der Waals surface area contributed by atoms with E-state index in [1.807, 2.05) is 41.2 Å². The van der Waals surface area contributed by atoms with E-state index in [1.165, 1.54) is 0 Å². The van der Waals surface area contributed by atoms with E-state index in [4.69, 9.17) is 9.47 Å². The zero-order valence-corrected chi connectivity index (χ0v) is 9.87. The van der Waals surface area contributed by atoms with Crippen molar-refractivity contribution in [2.45, 2.75) is 6.42 Å². The van der Waals surface area contributed by atoms with Gasteiger partial charge in [-0.15, -0.1) is 0 Å². The molecule has 0 saturated carbocycles. The number of hydrogen-bond donors (Lipinski definition) is 0. The Morgan fingerprint density at radius 2 is 2.00 bits per heavy atom. The minimum atomic E-state index is 0.676. The Bertz CT molecular complexity index is 423. The molecule has 1 aromatic heterocycles. The van der Waals surface area contributed by atoms with E-state index in [-0.39, 0.29) is 0 Å². The second-order valence-corrected chi connectivity index (χ2v) is 3.64. The third kappa shape index (κ3) is 3.32. The van der Waals surface area contributed by atoms with Crippen molar-refractivity contribution in [2.24, 2.45) is 0 Å². The maximum absolute atomic E-state index is 5.57. The third-order valence-electron chi connectivity index (χ3n) is 2.37. The molecule has 0 atom stereocenters. The lowest BCUT2D eigenvalue weighted by molar-refractivity contribution is 0.172. The van der Waals surface area contributed by atoms with E-state index >= 15 is 0 Å². The number of ether oxygens (including phenoxy) is 2. The Balaban J connectivity index is 1.90. The molecule has 1 aromatic carbocycles. The quantitative estimate of drug-likeness (QED) is 0.717. The van der Waals surface area contributed by atoms with Crippen molar-refractivity contribution in [3.8, 4) is 11.4 Å². The van der Waals surface area contributed by atoms with Crippen LogP contribution in [0.5, 0.6) is 5.75 Å². The van der Waals surface area contributed by atoms with Crippen LogP contribution in [-0.4, -0.2) is 30.1 Å². The fourth-order valence-electron chi connectivity index (χ4n) is 1.51. The average Bonchev–Trinajstić information content (AvgIpc) is 2.89. The first-order chi connectivity index (χ1) is 8.40. The first-order valence-corrected chi connectivity index (χ1v) is 5.62. The van der Waals surface area contributed by atoms with E-state index in [9.17, 15) is 0 Å². The maximum Gasteiger partial charge on any atom is 0.119 e. The van der Waals surface area contributed by atoms with Gasteiger partial charge in [-0.25, -0.2) is 4.68 Å². The number of nitrogens with zero attached hydrogens (tertiary/aromatic N) is 2. The van der Waals surface area contributed by atoms with Gasteiger partial charge in [0.15, 0.2) is 0 Å². The number of hydrogen-bond acceptors (Lipinski definition) is 3. The molecule has 0 aliphatic rings. The molecule has 2 aromatic rings. The highest BCUT2D eigenvalue weighted by Crippen LogP contribution is 2.14. The van der Waals surface area contributed by atoms with Gasteiger partial charge in [-0.05, 0) is 30.3 Å². The molecule has 0 aliphatic heterocycles. The zero-order chi connectivity index (χ0) is 11.9. The summed E-state index contributed by atoms with van der Waals surface area (Å²) >= 11 is 0. The van der Waals surface area contributed by atoms with Crippen molar-refractivity contribution in [1.82, 2.24) is 9.78 Å². The van der Waals surface area contributed by atoms with Crippen LogP contribution < -0.4 is 4.74 Å². The van der Waals surface area contributed by atoms with Crippen LogP contribution >= 0.6 is 0 Å². The molecule has 0 N–H and O–H groups in total. The summed E-state index contributed by atoms with van der Waals surface area (Å²) in [5, 5.41) is 4.16. The van der Waals surface area contributed by atoms with E-state index in [2.05, 4.69) is 5.10 Å². The minimum Gasteiger partial charge on any atom is -0.494 e. The van der Waals surface area contributed by atoms with Crippen LogP contribution in [-0.2, 0) is 4.74 Å². The van der Waals surface area contributed by atoms with Crippen LogP contribution in [0.2, 0.25) is 0 Å². The molecule has 0 saturated heterocycles. The van der Waals surface area contributed by atoms with Gasteiger partial charge in [0.1, 0.15) is 5.75 Å². The highest BCUT2D eigenvalue weighted by Gasteiger charge is 1.97. The molecule has 0 fully saturated rings. The summed E-state index contributed by atoms with van der Waals surface area (Å²) < 4.78 is 12.3. The van der Waals surface area contributed by atoms with Gasteiger partial charge in [-0.3, -0.25) is 0 Å². The number of methoxy groups -OCH3 is 1.